The van der Waals surface area contributed by atoms with E-state index in [9.17, 15) is 9.59 Å². The van der Waals surface area contributed by atoms with Crippen molar-refractivity contribution < 1.29 is 14.3 Å². The van der Waals surface area contributed by atoms with Crippen LogP contribution in [0.25, 0.3) is 0 Å². The predicted molar refractivity (Wildman–Crippen MR) is 100 cm³/mol. The molecule has 0 saturated carbocycles. The highest BCUT2D eigenvalue weighted by Gasteiger charge is 2.11. The highest BCUT2D eigenvalue weighted by atomic mass is 16.5. The van der Waals surface area contributed by atoms with Gasteiger partial charge in [-0.25, -0.2) is 0 Å². The summed E-state index contributed by atoms with van der Waals surface area (Å²) in [6.07, 6.45) is 0.403. The summed E-state index contributed by atoms with van der Waals surface area (Å²) in [5.41, 5.74) is 2.66. The van der Waals surface area contributed by atoms with Crippen LogP contribution in [0.1, 0.15) is 31.7 Å². The summed E-state index contributed by atoms with van der Waals surface area (Å²) >= 11 is 0. The molecule has 140 valence electrons. The fraction of sp³-hybridized carbons (Fsp3) is 0.421. The summed E-state index contributed by atoms with van der Waals surface area (Å²) in [5, 5.41) is 10.0. The molecule has 1 heterocycles. The average molecular weight is 358 g/mol. The Balaban J connectivity index is 1.82. The van der Waals surface area contributed by atoms with Gasteiger partial charge in [-0.15, -0.1) is 0 Å². The minimum absolute atomic E-state index is 0.0701. The second-order valence-corrected chi connectivity index (χ2v) is 6.30. The number of hydrogen-bond acceptors (Lipinski definition) is 4. The zero-order valence-corrected chi connectivity index (χ0v) is 15.7. The summed E-state index contributed by atoms with van der Waals surface area (Å²) in [6, 6.07) is 8.91. The van der Waals surface area contributed by atoms with Gasteiger partial charge in [0.15, 0.2) is 6.61 Å². The van der Waals surface area contributed by atoms with Gasteiger partial charge in [0.2, 0.25) is 5.91 Å². The number of nitrogens with zero attached hydrogens (tertiary/aromatic N) is 2. The van der Waals surface area contributed by atoms with Gasteiger partial charge in [-0.1, -0.05) is 13.0 Å². The van der Waals surface area contributed by atoms with Crippen molar-refractivity contribution in [2.75, 3.05) is 11.9 Å². The van der Waals surface area contributed by atoms with E-state index in [2.05, 4.69) is 15.7 Å². The first-order valence-electron chi connectivity index (χ1n) is 8.70. The van der Waals surface area contributed by atoms with Crippen molar-refractivity contribution in [1.82, 2.24) is 15.1 Å². The Morgan fingerprint density at radius 3 is 2.65 bits per heavy atom. The molecule has 0 radical (unpaired) electrons. The van der Waals surface area contributed by atoms with Crippen LogP contribution < -0.4 is 15.4 Å². The molecular weight excluding hydrogens is 332 g/mol. The number of amides is 2. The summed E-state index contributed by atoms with van der Waals surface area (Å²) in [7, 11) is 0. The monoisotopic (exact) mass is 358 g/mol. The van der Waals surface area contributed by atoms with Crippen molar-refractivity contribution in [3.8, 4) is 5.75 Å². The van der Waals surface area contributed by atoms with Gasteiger partial charge in [-0.2, -0.15) is 5.10 Å². The van der Waals surface area contributed by atoms with Gasteiger partial charge < -0.3 is 15.4 Å². The topological polar surface area (TPSA) is 85.2 Å². The molecule has 0 saturated heterocycles. The van der Waals surface area contributed by atoms with E-state index in [1.807, 2.05) is 31.5 Å². The number of hydrogen-bond donors (Lipinski definition) is 2. The molecule has 0 unspecified atom stereocenters. The van der Waals surface area contributed by atoms with Crippen molar-refractivity contribution in [2.24, 2.45) is 0 Å². The largest absolute Gasteiger partial charge is 0.484 e. The lowest BCUT2D eigenvalue weighted by molar-refractivity contribution is -0.123. The Hall–Kier alpha value is -2.83. The van der Waals surface area contributed by atoms with Crippen molar-refractivity contribution >= 4 is 17.5 Å². The predicted octanol–water partition coefficient (Wildman–Crippen LogP) is 2.43. The second-order valence-electron chi connectivity index (χ2n) is 6.30. The van der Waals surface area contributed by atoms with E-state index in [-0.39, 0.29) is 24.5 Å². The molecule has 26 heavy (non-hydrogen) atoms. The van der Waals surface area contributed by atoms with Crippen LogP contribution in [0.15, 0.2) is 30.3 Å². The molecule has 2 N–H and O–H groups in total. The Bertz CT molecular complexity index is 770. The lowest BCUT2D eigenvalue weighted by Crippen LogP contribution is -2.38. The summed E-state index contributed by atoms with van der Waals surface area (Å²) in [5.74, 6) is 0.250. The van der Waals surface area contributed by atoms with Gasteiger partial charge in [0.05, 0.1) is 12.2 Å². The van der Waals surface area contributed by atoms with Crippen LogP contribution in [-0.2, 0) is 16.1 Å². The van der Waals surface area contributed by atoms with Crippen LogP contribution in [0.3, 0.4) is 0 Å². The second kappa shape index (κ2) is 9.03. The van der Waals surface area contributed by atoms with Gasteiger partial charge in [-0.05, 0) is 39.0 Å². The molecule has 0 aliphatic rings. The number of carbonyl (C=O) groups is 2. The van der Waals surface area contributed by atoms with Crippen LogP contribution in [0, 0.1) is 13.8 Å². The van der Waals surface area contributed by atoms with E-state index in [1.165, 1.54) is 0 Å². The first-order valence-corrected chi connectivity index (χ1v) is 8.70. The smallest absolute Gasteiger partial charge is 0.258 e. The number of benzene rings is 1. The molecule has 0 aliphatic heterocycles. The maximum atomic E-state index is 12.1. The fourth-order valence-electron chi connectivity index (χ4n) is 2.54. The lowest BCUT2D eigenvalue weighted by atomic mass is 10.3. The number of anilines is 1. The molecule has 7 nitrogen and oxygen atoms in total. The van der Waals surface area contributed by atoms with Crippen LogP contribution in [0.2, 0.25) is 0 Å². The number of rotatable bonds is 8. The van der Waals surface area contributed by atoms with Crippen molar-refractivity contribution in [3.63, 3.8) is 0 Å². The number of nitrogens with one attached hydrogen (secondary N) is 2. The zero-order chi connectivity index (χ0) is 19.1. The van der Waals surface area contributed by atoms with Crippen LogP contribution in [-0.4, -0.2) is 34.2 Å². The third-order valence-corrected chi connectivity index (χ3v) is 3.77. The van der Waals surface area contributed by atoms with Crippen LogP contribution >= 0.6 is 0 Å². The molecule has 2 rings (SSSR count). The normalized spacial score (nSPS) is 11.7. The molecule has 1 atom stereocenters. The molecule has 0 aliphatic carbocycles. The average Bonchev–Trinajstić information content (AvgIpc) is 2.90. The SMILES string of the molecule is CCC(=O)Nc1cccc(OCC(=O)N[C@H](C)Cn2nc(C)cc2C)c1. The maximum Gasteiger partial charge on any atom is 0.258 e. The fourth-order valence-corrected chi connectivity index (χ4v) is 2.54. The first kappa shape index (κ1) is 19.5. The number of ether oxygens (including phenoxy) is 1. The lowest BCUT2D eigenvalue weighted by Gasteiger charge is -2.15. The third-order valence-electron chi connectivity index (χ3n) is 3.77. The van der Waals surface area contributed by atoms with Gasteiger partial charge >= 0.3 is 0 Å². The third kappa shape index (κ3) is 5.91. The quantitative estimate of drug-likeness (QED) is 0.759. The molecule has 0 bridgehead atoms. The molecule has 2 amide bonds. The number of aromatic nitrogens is 2. The zero-order valence-electron chi connectivity index (χ0n) is 15.7. The molecular formula is C19H26N4O3. The molecule has 7 heteroatoms. The van der Waals surface area contributed by atoms with E-state index in [4.69, 9.17) is 4.74 Å². The maximum absolute atomic E-state index is 12.1. The minimum Gasteiger partial charge on any atom is -0.484 e. The minimum atomic E-state index is -0.206. The molecule has 1 aromatic heterocycles. The van der Waals surface area contributed by atoms with Gasteiger partial charge in [-0.3, -0.25) is 14.3 Å². The van der Waals surface area contributed by atoms with E-state index in [1.54, 1.807) is 31.2 Å². The summed E-state index contributed by atoms with van der Waals surface area (Å²) in [6.45, 7) is 8.15. The van der Waals surface area contributed by atoms with Crippen molar-refractivity contribution in [3.05, 3.63) is 41.7 Å². The van der Waals surface area contributed by atoms with Crippen LogP contribution in [0.5, 0.6) is 5.75 Å². The molecule has 0 fully saturated rings. The number of aryl methyl sites for hydroxylation is 2. The van der Waals surface area contributed by atoms with Crippen LogP contribution in [0.4, 0.5) is 5.69 Å². The van der Waals surface area contributed by atoms with E-state index < -0.39 is 0 Å². The van der Waals surface area contributed by atoms with Crippen molar-refractivity contribution in [1.29, 1.82) is 0 Å². The Labute approximate surface area is 153 Å². The Morgan fingerprint density at radius 2 is 2.00 bits per heavy atom. The van der Waals surface area contributed by atoms with Crippen molar-refractivity contribution in [2.45, 2.75) is 46.7 Å². The van der Waals surface area contributed by atoms with Gasteiger partial charge in [0.25, 0.3) is 5.91 Å². The first-order chi connectivity index (χ1) is 12.4. The summed E-state index contributed by atoms with van der Waals surface area (Å²) < 4.78 is 7.39. The molecule has 1 aromatic carbocycles. The number of carbonyl (C=O) groups excluding carboxylic acids is 2. The molecule has 0 spiro atoms. The van der Waals surface area contributed by atoms with Gasteiger partial charge in [0.1, 0.15) is 5.75 Å². The highest BCUT2D eigenvalue weighted by molar-refractivity contribution is 5.90. The van der Waals surface area contributed by atoms with E-state index in [0.717, 1.165) is 11.4 Å². The summed E-state index contributed by atoms with van der Waals surface area (Å²) in [4.78, 5) is 23.5. The van der Waals surface area contributed by atoms with E-state index >= 15 is 0 Å². The van der Waals surface area contributed by atoms with E-state index in [0.29, 0.717) is 24.4 Å². The Morgan fingerprint density at radius 1 is 1.23 bits per heavy atom. The standard InChI is InChI=1S/C19H26N4O3/c1-5-18(24)21-16-7-6-8-17(10-16)26-12-19(25)20-14(3)11-23-15(4)9-13(2)22-23/h6-10,14H,5,11-12H2,1-4H3,(H,20,25)(H,21,24)/t14-/m1/s1. The van der Waals surface area contributed by atoms with Gasteiger partial charge in [0, 0.05) is 29.9 Å². The molecule has 2 aromatic rings. The highest BCUT2D eigenvalue weighted by Crippen LogP contribution is 2.17. The Kier molecular flexibility index (Phi) is 6.77.